The molecule has 0 saturated carbocycles. The Bertz CT molecular complexity index is 788. The number of likely N-dealkylation sites (tertiary alicyclic amines) is 1. The van der Waals surface area contributed by atoms with Crippen LogP contribution in [0.15, 0.2) is 18.5 Å². The number of carbonyl (C=O) groups excluding carboxylic acids is 1. The van der Waals surface area contributed by atoms with Crippen LogP contribution in [0.25, 0.3) is 11.0 Å². The molecule has 1 aliphatic heterocycles. The highest BCUT2D eigenvalue weighted by atomic mass is 19.1. The summed E-state index contributed by atoms with van der Waals surface area (Å²) in [4.78, 5) is 28.9. The van der Waals surface area contributed by atoms with Crippen LogP contribution in [0.1, 0.15) is 36.7 Å². The Morgan fingerprint density at radius 1 is 1.39 bits per heavy atom. The van der Waals surface area contributed by atoms with E-state index in [1.165, 1.54) is 11.1 Å². The van der Waals surface area contributed by atoms with Gasteiger partial charge in [-0.2, -0.15) is 5.10 Å². The number of alkyl halides is 1. The summed E-state index contributed by atoms with van der Waals surface area (Å²) in [6.45, 7) is 3.59. The van der Waals surface area contributed by atoms with Gasteiger partial charge in [-0.1, -0.05) is 0 Å². The van der Waals surface area contributed by atoms with Gasteiger partial charge in [0.25, 0.3) is 5.91 Å². The van der Waals surface area contributed by atoms with Crippen LogP contribution >= 0.6 is 0 Å². The second kappa shape index (κ2) is 5.29. The van der Waals surface area contributed by atoms with Gasteiger partial charge in [0, 0.05) is 30.6 Å². The number of carboxylic acid groups (broad SMARTS) is 1. The number of amides is 1. The van der Waals surface area contributed by atoms with Gasteiger partial charge in [-0.25, -0.2) is 18.9 Å². The normalized spacial score (nSPS) is 21.3. The minimum atomic E-state index is -2.37. The Morgan fingerprint density at radius 2 is 2.13 bits per heavy atom. The molecule has 1 atom stereocenters. The Labute approximate surface area is 131 Å². The number of rotatable bonds is 3. The maximum Gasteiger partial charge on any atom is 0.343 e. The molecule has 7 nitrogen and oxygen atoms in total. The predicted molar refractivity (Wildman–Crippen MR) is 79.9 cm³/mol. The third-order valence-corrected chi connectivity index (χ3v) is 4.06. The van der Waals surface area contributed by atoms with Crippen molar-refractivity contribution >= 4 is 22.9 Å². The molecular weight excluding hydrogens is 303 g/mol. The van der Waals surface area contributed by atoms with Gasteiger partial charge in [0.05, 0.1) is 18.3 Å². The molecule has 23 heavy (non-hydrogen) atoms. The lowest BCUT2D eigenvalue weighted by atomic mass is 10.1. The summed E-state index contributed by atoms with van der Waals surface area (Å²) in [6.07, 6.45) is 2.85. The highest BCUT2D eigenvalue weighted by Gasteiger charge is 2.47. The Kier molecular flexibility index (Phi) is 3.54. The van der Waals surface area contributed by atoms with Crippen molar-refractivity contribution in [1.82, 2.24) is 19.7 Å². The zero-order valence-electron chi connectivity index (χ0n) is 12.9. The largest absolute Gasteiger partial charge is 0.479 e. The summed E-state index contributed by atoms with van der Waals surface area (Å²) < 4.78 is 15.8. The lowest BCUT2D eigenvalue weighted by Gasteiger charge is -2.17. The number of nitrogens with zero attached hydrogens (tertiary/aromatic N) is 4. The van der Waals surface area contributed by atoms with Crippen LogP contribution in [0.5, 0.6) is 0 Å². The molecule has 2 aromatic rings. The SMILES string of the molecule is CC(C)n1ncc2cc(C(=O)N3CCC(F)(C(=O)O)C3)cnc21. The van der Waals surface area contributed by atoms with Crippen LogP contribution in [-0.2, 0) is 4.79 Å². The number of hydrogen-bond acceptors (Lipinski definition) is 4. The van der Waals surface area contributed by atoms with Crippen molar-refractivity contribution in [1.29, 1.82) is 0 Å². The van der Waals surface area contributed by atoms with E-state index in [1.54, 1.807) is 16.9 Å². The molecule has 1 fully saturated rings. The Morgan fingerprint density at radius 3 is 2.74 bits per heavy atom. The monoisotopic (exact) mass is 320 g/mol. The molecule has 1 aliphatic rings. The molecule has 3 heterocycles. The van der Waals surface area contributed by atoms with E-state index in [4.69, 9.17) is 5.11 Å². The van der Waals surface area contributed by atoms with E-state index in [0.717, 1.165) is 0 Å². The summed E-state index contributed by atoms with van der Waals surface area (Å²) in [7, 11) is 0. The second-order valence-electron chi connectivity index (χ2n) is 6.07. The first-order valence-corrected chi connectivity index (χ1v) is 7.37. The van der Waals surface area contributed by atoms with Gasteiger partial charge in [0.2, 0.25) is 5.67 Å². The average Bonchev–Trinajstić information content (AvgIpc) is 3.10. The first-order chi connectivity index (χ1) is 10.8. The van der Waals surface area contributed by atoms with Crippen LogP contribution < -0.4 is 0 Å². The van der Waals surface area contributed by atoms with E-state index in [0.29, 0.717) is 16.6 Å². The fraction of sp³-hybridized carbons (Fsp3) is 0.467. The van der Waals surface area contributed by atoms with Crippen molar-refractivity contribution in [2.45, 2.75) is 32.0 Å². The first kappa shape index (κ1) is 15.4. The molecule has 1 amide bonds. The molecule has 1 unspecified atom stereocenters. The van der Waals surface area contributed by atoms with E-state index < -0.39 is 24.1 Å². The third kappa shape index (κ3) is 2.54. The van der Waals surface area contributed by atoms with Gasteiger partial charge in [0.15, 0.2) is 5.65 Å². The minimum Gasteiger partial charge on any atom is -0.479 e. The maximum atomic E-state index is 14.1. The number of carboxylic acids is 1. The summed E-state index contributed by atoms with van der Waals surface area (Å²) in [6, 6.07) is 1.79. The standard InChI is InChI=1S/C15H17FN4O3/c1-9(2)20-12-10(7-18-20)5-11(6-17-12)13(21)19-4-3-15(16,8-19)14(22)23/h5-7,9H,3-4,8H2,1-2H3,(H,22,23). The number of aliphatic carboxylic acids is 1. The molecule has 0 aliphatic carbocycles. The number of halogens is 1. The van der Waals surface area contributed by atoms with Crippen molar-refractivity contribution in [2.24, 2.45) is 0 Å². The summed E-state index contributed by atoms with van der Waals surface area (Å²) >= 11 is 0. The Hall–Kier alpha value is -2.51. The molecule has 0 bridgehead atoms. The van der Waals surface area contributed by atoms with E-state index in [-0.39, 0.29) is 19.0 Å². The lowest BCUT2D eigenvalue weighted by molar-refractivity contribution is -0.149. The van der Waals surface area contributed by atoms with Crippen LogP contribution in [-0.4, -0.2) is 55.4 Å². The quantitative estimate of drug-likeness (QED) is 0.929. The van der Waals surface area contributed by atoms with Crippen molar-refractivity contribution in [2.75, 3.05) is 13.1 Å². The highest BCUT2D eigenvalue weighted by molar-refractivity contribution is 5.97. The maximum absolute atomic E-state index is 14.1. The molecule has 2 aromatic heterocycles. The van der Waals surface area contributed by atoms with E-state index >= 15 is 0 Å². The second-order valence-corrected chi connectivity index (χ2v) is 6.07. The van der Waals surface area contributed by atoms with Gasteiger partial charge < -0.3 is 10.0 Å². The number of aromatic nitrogens is 3. The van der Waals surface area contributed by atoms with Crippen LogP contribution in [0.4, 0.5) is 4.39 Å². The fourth-order valence-corrected chi connectivity index (χ4v) is 2.74. The molecule has 1 saturated heterocycles. The fourth-order valence-electron chi connectivity index (χ4n) is 2.74. The number of carbonyl (C=O) groups is 2. The molecule has 3 rings (SSSR count). The van der Waals surface area contributed by atoms with Gasteiger partial charge >= 0.3 is 5.97 Å². The van der Waals surface area contributed by atoms with Gasteiger partial charge in [0.1, 0.15) is 0 Å². The van der Waals surface area contributed by atoms with Gasteiger partial charge in [-0.3, -0.25) is 4.79 Å². The smallest absolute Gasteiger partial charge is 0.343 e. The molecule has 8 heteroatoms. The Balaban J connectivity index is 1.86. The van der Waals surface area contributed by atoms with E-state index in [1.807, 2.05) is 13.8 Å². The van der Waals surface area contributed by atoms with Crippen molar-refractivity contribution < 1.29 is 19.1 Å². The minimum absolute atomic E-state index is 0.0743. The number of hydrogen-bond donors (Lipinski definition) is 1. The topological polar surface area (TPSA) is 88.3 Å². The molecule has 1 N–H and O–H groups in total. The molecule has 0 radical (unpaired) electrons. The molecular formula is C15H17FN4O3. The first-order valence-electron chi connectivity index (χ1n) is 7.37. The molecule has 0 spiro atoms. The predicted octanol–water partition coefficient (Wildman–Crippen LogP) is 1.65. The number of pyridine rings is 1. The van der Waals surface area contributed by atoms with Crippen molar-refractivity contribution in [3.05, 3.63) is 24.0 Å². The lowest BCUT2D eigenvalue weighted by Crippen LogP contribution is -2.38. The zero-order chi connectivity index (χ0) is 16.8. The van der Waals surface area contributed by atoms with Gasteiger partial charge in [-0.15, -0.1) is 0 Å². The van der Waals surface area contributed by atoms with Crippen molar-refractivity contribution in [3.63, 3.8) is 0 Å². The van der Waals surface area contributed by atoms with Gasteiger partial charge in [-0.05, 0) is 19.9 Å². The van der Waals surface area contributed by atoms with E-state index in [2.05, 4.69) is 10.1 Å². The van der Waals surface area contributed by atoms with Crippen molar-refractivity contribution in [3.8, 4) is 0 Å². The van der Waals surface area contributed by atoms with Crippen LogP contribution in [0, 0.1) is 0 Å². The summed E-state index contributed by atoms with van der Waals surface area (Å²) in [5.74, 6) is -1.95. The molecule has 122 valence electrons. The highest BCUT2D eigenvalue weighted by Crippen LogP contribution is 2.27. The van der Waals surface area contributed by atoms with Crippen LogP contribution in [0.3, 0.4) is 0 Å². The zero-order valence-corrected chi connectivity index (χ0v) is 12.9. The van der Waals surface area contributed by atoms with E-state index in [9.17, 15) is 14.0 Å². The van der Waals surface area contributed by atoms with Crippen LogP contribution in [0.2, 0.25) is 0 Å². The summed E-state index contributed by atoms with van der Waals surface area (Å²) in [5.41, 5.74) is -1.39. The average molecular weight is 320 g/mol. The molecule has 0 aromatic carbocycles. The number of fused-ring (bicyclic) bond motifs is 1. The summed E-state index contributed by atoms with van der Waals surface area (Å²) in [5, 5.41) is 13.8. The third-order valence-electron chi connectivity index (χ3n) is 4.06.